The molecule has 0 aliphatic carbocycles. The molecule has 3 unspecified atom stereocenters. The first kappa shape index (κ1) is 12.0. The van der Waals surface area contributed by atoms with E-state index in [2.05, 4.69) is 0 Å². The molecule has 1 saturated heterocycles. The molecule has 0 bridgehead atoms. The van der Waals surface area contributed by atoms with Crippen molar-refractivity contribution in [1.82, 2.24) is 4.90 Å². The number of nitrogens with zero attached hydrogens (tertiary/aromatic N) is 1. The molecule has 1 amide bonds. The molecular formula is C10H18N2O3. The first-order chi connectivity index (χ1) is 6.93. The minimum atomic E-state index is -0.769. The number of rotatable bonds is 2. The quantitative estimate of drug-likeness (QED) is 0.680. The highest BCUT2D eigenvalue weighted by molar-refractivity contribution is 5.82. The number of likely N-dealkylation sites (tertiary alicyclic amines) is 1. The molecule has 3 atom stereocenters. The van der Waals surface area contributed by atoms with Gasteiger partial charge in [-0.2, -0.15) is 0 Å². The van der Waals surface area contributed by atoms with Gasteiger partial charge in [0, 0.05) is 12.6 Å². The summed E-state index contributed by atoms with van der Waals surface area (Å²) in [6, 6.07) is -0.535. The number of carboxylic acids is 1. The predicted molar refractivity (Wildman–Crippen MR) is 55.2 cm³/mol. The van der Waals surface area contributed by atoms with Crippen LogP contribution < -0.4 is 5.73 Å². The average Bonchev–Trinajstić information content (AvgIpc) is 2.16. The van der Waals surface area contributed by atoms with E-state index in [1.54, 1.807) is 11.8 Å². The summed E-state index contributed by atoms with van der Waals surface area (Å²) in [6.07, 6.45) is 1.05. The van der Waals surface area contributed by atoms with Gasteiger partial charge in [-0.05, 0) is 26.7 Å². The zero-order valence-corrected chi connectivity index (χ0v) is 9.14. The Kier molecular flexibility index (Phi) is 3.68. The maximum absolute atomic E-state index is 11.6. The van der Waals surface area contributed by atoms with Crippen molar-refractivity contribution >= 4 is 11.9 Å². The Morgan fingerprint density at radius 2 is 2.13 bits per heavy atom. The van der Waals surface area contributed by atoms with Crippen molar-refractivity contribution in [2.24, 2.45) is 11.7 Å². The molecule has 1 aliphatic rings. The molecule has 5 nitrogen and oxygen atoms in total. The van der Waals surface area contributed by atoms with Gasteiger partial charge in [0.1, 0.15) is 0 Å². The summed E-state index contributed by atoms with van der Waals surface area (Å²) in [4.78, 5) is 24.1. The van der Waals surface area contributed by atoms with Crippen LogP contribution in [-0.4, -0.2) is 40.5 Å². The SMILES string of the molecule is CC(N)C(=O)N1CCC(C(=O)O)CC1C. The van der Waals surface area contributed by atoms with Crippen LogP contribution >= 0.6 is 0 Å². The third kappa shape index (κ3) is 2.68. The molecule has 3 N–H and O–H groups in total. The molecule has 1 rings (SSSR count). The Bertz CT molecular complexity index is 265. The summed E-state index contributed by atoms with van der Waals surface area (Å²) in [5, 5.41) is 8.86. The van der Waals surface area contributed by atoms with Gasteiger partial charge in [0.15, 0.2) is 0 Å². The lowest BCUT2D eigenvalue weighted by atomic mass is 9.91. The number of carbonyl (C=O) groups is 2. The second-order valence-electron chi connectivity index (χ2n) is 4.23. The van der Waals surface area contributed by atoms with Crippen LogP contribution in [0.5, 0.6) is 0 Å². The van der Waals surface area contributed by atoms with Crippen molar-refractivity contribution in [3.8, 4) is 0 Å². The summed E-state index contributed by atoms with van der Waals surface area (Å²) < 4.78 is 0. The topological polar surface area (TPSA) is 83.6 Å². The zero-order chi connectivity index (χ0) is 11.6. The second-order valence-corrected chi connectivity index (χ2v) is 4.23. The molecule has 0 aromatic rings. The van der Waals surface area contributed by atoms with Gasteiger partial charge in [-0.25, -0.2) is 0 Å². The van der Waals surface area contributed by atoms with Gasteiger partial charge >= 0.3 is 5.97 Å². The lowest BCUT2D eigenvalue weighted by Crippen LogP contribution is -2.51. The molecule has 1 fully saturated rings. The van der Waals surface area contributed by atoms with Crippen LogP contribution in [0.4, 0.5) is 0 Å². The monoisotopic (exact) mass is 214 g/mol. The standard InChI is InChI=1S/C10H18N2O3/c1-6-5-8(10(14)15)3-4-12(6)9(13)7(2)11/h6-8H,3-5,11H2,1-2H3,(H,14,15). The maximum Gasteiger partial charge on any atom is 0.306 e. The highest BCUT2D eigenvalue weighted by atomic mass is 16.4. The van der Waals surface area contributed by atoms with Crippen LogP contribution in [-0.2, 0) is 9.59 Å². The fourth-order valence-corrected chi connectivity index (χ4v) is 1.99. The highest BCUT2D eigenvalue weighted by Gasteiger charge is 2.32. The van der Waals surface area contributed by atoms with E-state index in [0.29, 0.717) is 19.4 Å². The summed E-state index contributed by atoms with van der Waals surface area (Å²) in [7, 11) is 0. The lowest BCUT2D eigenvalue weighted by Gasteiger charge is -2.37. The summed E-state index contributed by atoms with van der Waals surface area (Å²) in [5.41, 5.74) is 5.52. The van der Waals surface area contributed by atoms with E-state index in [9.17, 15) is 9.59 Å². The highest BCUT2D eigenvalue weighted by Crippen LogP contribution is 2.23. The number of nitrogens with two attached hydrogens (primary N) is 1. The third-order valence-electron chi connectivity index (χ3n) is 2.90. The number of aliphatic carboxylic acids is 1. The van der Waals surface area contributed by atoms with Gasteiger partial charge in [0.2, 0.25) is 5.91 Å². The molecule has 0 spiro atoms. The molecule has 1 aliphatic heterocycles. The smallest absolute Gasteiger partial charge is 0.306 e. The number of carbonyl (C=O) groups excluding carboxylic acids is 1. The number of amides is 1. The largest absolute Gasteiger partial charge is 0.481 e. The van der Waals surface area contributed by atoms with Gasteiger partial charge in [-0.3, -0.25) is 9.59 Å². The van der Waals surface area contributed by atoms with E-state index in [1.165, 1.54) is 0 Å². The number of piperidine rings is 1. The molecule has 0 aromatic heterocycles. The Hall–Kier alpha value is -1.10. The molecule has 1 heterocycles. The first-order valence-corrected chi connectivity index (χ1v) is 5.22. The summed E-state index contributed by atoms with van der Waals surface area (Å²) in [5.74, 6) is -1.18. The molecular weight excluding hydrogens is 196 g/mol. The fourth-order valence-electron chi connectivity index (χ4n) is 1.99. The van der Waals surface area contributed by atoms with E-state index in [-0.39, 0.29) is 17.9 Å². The van der Waals surface area contributed by atoms with Gasteiger partial charge in [-0.15, -0.1) is 0 Å². The zero-order valence-electron chi connectivity index (χ0n) is 9.14. The van der Waals surface area contributed by atoms with Crippen molar-refractivity contribution in [2.45, 2.75) is 38.8 Å². The fraction of sp³-hybridized carbons (Fsp3) is 0.800. The minimum absolute atomic E-state index is 0.0293. The molecule has 0 aromatic carbocycles. The molecule has 0 saturated carbocycles. The van der Waals surface area contributed by atoms with Gasteiger partial charge < -0.3 is 15.7 Å². The molecule has 0 radical (unpaired) electrons. The second kappa shape index (κ2) is 4.61. The van der Waals surface area contributed by atoms with Crippen molar-refractivity contribution in [3.63, 3.8) is 0 Å². The normalized spacial score (nSPS) is 28.6. The number of carboxylic acid groups (broad SMARTS) is 1. The molecule has 15 heavy (non-hydrogen) atoms. The number of hydrogen-bond donors (Lipinski definition) is 2. The van der Waals surface area contributed by atoms with E-state index < -0.39 is 12.0 Å². The Morgan fingerprint density at radius 1 is 1.53 bits per heavy atom. The van der Waals surface area contributed by atoms with Crippen LogP contribution in [0, 0.1) is 5.92 Å². The molecule has 86 valence electrons. The Balaban J connectivity index is 2.60. The number of hydrogen-bond acceptors (Lipinski definition) is 3. The van der Waals surface area contributed by atoms with Crippen molar-refractivity contribution in [2.75, 3.05) is 6.54 Å². The lowest BCUT2D eigenvalue weighted by molar-refractivity contribution is -0.147. The summed E-state index contributed by atoms with van der Waals surface area (Å²) in [6.45, 7) is 4.02. The van der Waals surface area contributed by atoms with Crippen molar-refractivity contribution in [1.29, 1.82) is 0 Å². The van der Waals surface area contributed by atoms with Gasteiger partial charge in [0.05, 0.1) is 12.0 Å². The van der Waals surface area contributed by atoms with Crippen LogP contribution in [0.15, 0.2) is 0 Å². The van der Waals surface area contributed by atoms with Gasteiger partial charge in [0.25, 0.3) is 0 Å². The predicted octanol–water partition coefficient (Wildman–Crippen LogP) is 0.0453. The minimum Gasteiger partial charge on any atom is -0.481 e. The van der Waals surface area contributed by atoms with Crippen LogP contribution in [0.1, 0.15) is 26.7 Å². The van der Waals surface area contributed by atoms with Gasteiger partial charge in [-0.1, -0.05) is 0 Å². The van der Waals surface area contributed by atoms with E-state index in [4.69, 9.17) is 10.8 Å². The Labute approximate surface area is 89.2 Å². The van der Waals surface area contributed by atoms with Crippen molar-refractivity contribution < 1.29 is 14.7 Å². The summed E-state index contributed by atoms with van der Waals surface area (Å²) >= 11 is 0. The van der Waals surface area contributed by atoms with E-state index in [0.717, 1.165) is 0 Å². The maximum atomic E-state index is 11.6. The molecule has 5 heteroatoms. The van der Waals surface area contributed by atoms with Crippen LogP contribution in [0.2, 0.25) is 0 Å². The Morgan fingerprint density at radius 3 is 2.53 bits per heavy atom. The average molecular weight is 214 g/mol. The van der Waals surface area contributed by atoms with E-state index in [1.807, 2.05) is 6.92 Å². The first-order valence-electron chi connectivity index (χ1n) is 5.22. The third-order valence-corrected chi connectivity index (χ3v) is 2.90. The van der Waals surface area contributed by atoms with E-state index >= 15 is 0 Å². The van der Waals surface area contributed by atoms with Crippen molar-refractivity contribution in [3.05, 3.63) is 0 Å². The van der Waals surface area contributed by atoms with Crippen LogP contribution in [0.25, 0.3) is 0 Å². The van der Waals surface area contributed by atoms with Crippen LogP contribution in [0.3, 0.4) is 0 Å².